The van der Waals surface area contributed by atoms with Crippen LogP contribution in [0.2, 0.25) is 0 Å². The minimum absolute atomic E-state index is 0.124. The van der Waals surface area contributed by atoms with Crippen LogP contribution in [-0.2, 0) is 17.9 Å². The second kappa shape index (κ2) is 6.85. The van der Waals surface area contributed by atoms with Crippen molar-refractivity contribution in [2.45, 2.75) is 33.0 Å². The lowest BCUT2D eigenvalue weighted by molar-refractivity contribution is -0.124. The third-order valence-corrected chi connectivity index (χ3v) is 2.91. The Balaban J connectivity index is 1.87. The largest absolute Gasteiger partial charge is 0.467 e. The van der Waals surface area contributed by atoms with Crippen LogP contribution in [0.15, 0.2) is 29.0 Å². The van der Waals surface area contributed by atoms with E-state index >= 15 is 0 Å². The van der Waals surface area contributed by atoms with Gasteiger partial charge in [-0.15, -0.1) is 5.10 Å². The van der Waals surface area contributed by atoms with E-state index < -0.39 is 6.04 Å². The molecule has 7 heteroatoms. The molecule has 1 unspecified atom stereocenters. The summed E-state index contributed by atoms with van der Waals surface area (Å²) in [5.41, 5.74) is 0.817. The summed E-state index contributed by atoms with van der Waals surface area (Å²) in [5, 5.41) is 14.0. The van der Waals surface area contributed by atoms with Gasteiger partial charge in [-0.25, -0.2) is 4.68 Å². The van der Waals surface area contributed by atoms with Crippen LogP contribution in [0.5, 0.6) is 0 Å². The molecule has 0 bridgehead atoms. The van der Waals surface area contributed by atoms with Crippen LogP contribution in [0.4, 0.5) is 0 Å². The smallest absolute Gasteiger partial charge is 0.245 e. The van der Waals surface area contributed by atoms with Gasteiger partial charge in [-0.3, -0.25) is 4.79 Å². The van der Waals surface area contributed by atoms with E-state index in [9.17, 15) is 4.79 Å². The number of carbonyl (C=O) groups is 1. The molecule has 1 atom stereocenters. The average molecular weight is 277 g/mol. The molecule has 2 rings (SSSR count). The zero-order valence-corrected chi connectivity index (χ0v) is 11.7. The van der Waals surface area contributed by atoms with Crippen molar-refractivity contribution in [3.8, 4) is 0 Å². The Hall–Kier alpha value is -2.15. The van der Waals surface area contributed by atoms with E-state index in [0.29, 0.717) is 13.1 Å². The van der Waals surface area contributed by atoms with Gasteiger partial charge >= 0.3 is 0 Å². The highest BCUT2D eigenvalue weighted by molar-refractivity contribution is 5.79. The second-order valence-electron chi connectivity index (χ2n) is 4.44. The molecule has 2 aromatic rings. The van der Waals surface area contributed by atoms with Crippen LogP contribution in [0, 0.1) is 0 Å². The molecule has 0 aliphatic rings. The molecule has 2 aromatic heterocycles. The van der Waals surface area contributed by atoms with E-state index in [2.05, 4.69) is 20.9 Å². The topological polar surface area (TPSA) is 85.0 Å². The van der Waals surface area contributed by atoms with Crippen LogP contribution in [-0.4, -0.2) is 27.4 Å². The van der Waals surface area contributed by atoms with Crippen molar-refractivity contribution in [2.24, 2.45) is 0 Å². The summed E-state index contributed by atoms with van der Waals surface area (Å²) in [7, 11) is 0. The first-order valence-corrected chi connectivity index (χ1v) is 6.62. The quantitative estimate of drug-likeness (QED) is 0.784. The highest BCUT2D eigenvalue weighted by Crippen LogP contribution is 2.06. The van der Waals surface area contributed by atoms with Crippen molar-refractivity contribution in [3.05, 3.63) is 36.0 Å². The van der Waals surface area contributed by atoms with Gasteiger partial charge in [0.15, 0.2) is 0 Å². The molecule has 0 fully saturated rings. The van der Waals surface area contributed by atoms with Gasteiger partial charge in [0.2, 0.25) is 5.91 Å². The fraction of sp³-hybridized carbons (Fsp3) is 0.462. The first kappa shape index (κ1) is 14.3. The summed E-state index contributed by atoms with van der Waals surface area (Å²) in [5.74, 6) is 0.596. The number of carbonyl (C=O) groups excluding carboxylic acids is 1. The molecule has 1 amide bonds. The number of amides is 1. The van der Waals surface area contributed by atoms with Crippen molar-refractivity contribution in [1.82, 2.24) is 25.6 Å². The lowest BCUT2D eigenvalue weighted by atomic mass is 10.3. The summed E-state index contributed by atoms with van der Waals surface area (Å²) < 4.78 is 6.72. The lowest BCUT2D eigenvalue weighted by Gasteiger charge is -2.10. The van der Waals surface area contributed by atoms with Gasteiger partial charge in [0.1, 0.15) is 11.8 Å². The molecule has 0 saturated carbocycles. The predicted octanol–water partition coefficient (Wildman–Crippen LogP) is 0.858. The SMILES string of the molecule is CCNCc1cn(C(C)C(=O)NCc2ccco2)nn1. The average Bonchev–Trinajstić information content (AvgIpc) is 3.12. The van der Waals surface area contributed by atoms with E-state index in [-0.39, 0.29) is 5.91 Å². The molecule has 0 saturated heterocycles. The number of nitrogens with one attached hydrogen (secondary N) is 2. The minimum atomic E-state index is -0.409. The molecule has 0 aliphatic heterocycles. The Kier molecular flexibility index (Phi) is 4.89. The van der Waals surface area contributed by atoms with E-state index in [1.807, 2.05) is 13.0 Å². The molecule has 108 valence electrons. The van der Waals surface area contributed by atoms with E-state index in [1.54, 1.807) is 30.1 Å². The standard InChI is InChI=1S/C13H19N5O2/c1-3-14-7-11-9-18(17-16-11)10(2)13(19)15-8-12-5-4-6-20-12/h4-6,9-10,14H,3,7-8H2,1-2H3,(H,15,19). The van der Waals surface area contributed by atoms with Crippen molar-refractivity contribution in [2.75, 3.05) is 6.54 Å². The Labute approximate surface area is 117 Å². The Morgan fingerprint density at radius 3 is 3.05 bits per heavy atom. The molecule has 0 aliphatic carbocycles. The minimum Gasteiger partial charge on any atom is -0.467 e. The van der Waals surface area contributed by atoms with E-state index in [1.165, 1.54) is 0 Å². The van der Waals surface area contributed by atoms with E-state index in [4.69, 9.17) is 4.42 Å². The number of nitrogens with zero attached hydrogens (tertiary/aromatic N) is 3. The zero-order chi connectivity index (χ0) is 14.4. The number of hydrogen-bond donors (Lipinski definition) is 2. The summed E-state index contributed by atoms with van der Waals surface area (Å²) in [6, 6.07) is 3.19. The number of furan rings is 1. The Morgan fingerprint density at radius 2 is 2.35 bits per heavy atom. The Morgan fingerprint density at radius 1 is 1.50 bits per heavy atom. The maximum atomic E-state index is 12.0. The molecule has 2 heterocycles. The molecule has 2 N–H and O–H groups in total. The molecule has 20 heavy (non-hydrogen) atoms. The third kappa shape index (κ3) is 3.67. The number of hydrogen-bond acceptors (Lipinski definition) is 5. The number of rotatable bonds is 7. The summed E-state index contributed by atoms with van der Waals surface area (Å²) >= 11 is 0. The first-order valence-electron chi connectivity index (χ1n) is 6.62. The van der Waals surface area contributed by atoms with Crippen LogP contribution >= 0.6 is 0 Å². The molecule has 0 radical (unpaired) electrons. The highest BCUT2D eigenvalue weighted by atomic mass is 16.3. The van der Waals surface area contributed by atoms with Gasteiger partial charge in [0.05, 0.1) is 24.7 Å². The summed E-state index contributed by atoms with van der Waals surface area (Å²) in [4.78, 5) is 12.0. The van der Waals surface area contributed by atoms with Gasteiger partial charge in [-0.1, -0.05) is 12.1 Å². The fourth-order valence-electron chi connectivity index (χ4n) is 1.69. The van der Waals surface area contributed by atoms with Crippen molar-refractivity contribution >= 4 is 5.91 Å². The first-order chi connectivity index (χ1) is 9.70. The monoisotopic (exact) mass is 277 g/mol. The highest BCUT2D eigenvalue weighted by Gasteiger charge is 2.16. The van der Waals surface area contributed by atoms with Crippen molar-refractivity contribution < 1.29 is 9.21 Å². The zero-order valence-electron chi connectivity index (χ0n) is 11.7. The van der Waals surface area contributed by atoms with Gasteiger partial charge < -0.3 is 15.1 Å². The Bertz CT molecular complexity index is 535. The molecule has 7 nitrogen and oxygen atoms in total. The van der Waals surface area contributed by atoms with Gasteiger partial charge in [-0.05, 0) is 25.6 Å². The summed E-state index contributed by atoms with van der Waals surface area (Å²) in [6.07, 6.45) is 3.36. The van der Waals surface area contributed by atoms with Crippen molar-refractivity contribution in [3.63, 3.8) is 0 Å². The maximum absolute atomic E-state index is 12.0. The van der Waals surface area contributed by atoms with Crippen LogP contribution < -0.4 is 10.6 Å². The van der Waals surface area contributed by atoms with Gasteiger partial charge in [-0.2, -0.15) is 0 Å². The fourth-order valence-corrected chi connectivity index (χ4v) is 1.69. The molecular weight excluding hydrogens is 258 g/mol. The van der Waals surface area contributed by atoms with Gasteiger partial charge in [0.25, 0.3) is 0 Å². The maximum Gasteiger partial charge on any atom is 0.245 e. The predicted molar refractivity (Wildman–Crippen MR) is 72.7 cm³/mol. The molecule has 0 aromatic carbocycles. The van der Waals surface area contributed by atoms with Gasteiger partial charge in [0, 0.05) is 6.54 Å². The molecule has 0 spiro atoms. The van der Waals surface area contributed by atoms with Crippen LogP contribution in [0.1, 0.15) is 31.3 Å². The molecular formula is C13H19N5O2. The number of aromatic nitrogens is 3. The van der Waals surface area contributed by atoms with Crippen molar-refractivity contribution in [1.29, 1.82) is 0 Å². The normalized spacial score (nSPS) is 12.3. The van der Waals surface area contributed by atoms with Crippen LogP contribution in [0.3, 0.4) is 0 Å². The lowest BCUT2D eigenvalue weighted by Crippen LogP contribution is -2.30. The van der Waals surface area contributed by atoms with E-state index in [0.717, 1.165) is 18.0 Å². The third-order valence-electron chi connectivity index (χ3n) is 2.91. The van der Waals surface area contributed by atoms with Crippen LogP contribution in [0.25, 0.3) is 0 Å². The summed E-state index contributed by atoms with van der Waals surface area (Å²) in [6.45, 7) is 5.69. The second-order valence-corrected chi connectivity index (χ2v) is 4.44.